The van der Waals surface area contributed by atoms with E-state index in [9.17, 15) is 4.79 Å². The maximum Gasteiger partial charge on any atom is 0.494 e. The van der Waals surface area contributed by atoms with Crippen LogP contribution in [0, 0.1) is 0 Å². The number of hydroxylamine groups is 2. The second-order valence-corrected chi connectivity index (χ2v) is 6.32. The van der Waals surface area contributed by atoms with Gasteiger partial charge in [-0.3, -0.25) is 4.84 Å². The molecule has 0 aliphatic carbocycles. The summed E-state index contributed by atoms with van der Waals surface area (Å²) < 4.78 is 12.0. The Morgan fingerprint density at radius 3 is 2.09 bits per heavy atom. The van der Waals surface area contributed by atoms with E-state index >= 15 is 0 Å². The number of carbonyl (C=O) groups is 1. The number of rotatable bonds is 3. The van der Waals surface area contributed by atoms with Crippen molar-refractivity contribution in [1.82, 2.24) is 5.06 Å². The van der Waals surface area contributed by atoms with E-state index in [0.717, 1.165) is 10.5 Å². The lowest BCUT2D eigenvalue weighted by atomic mass is 9.79. The van der Waals surface area contributed by atoms with E-state index in [1.807, 2.05) is 52.0 Å². The molecule has 120 valence electrons. The van der Waals surface area contributed by atoms with Crippen molar-refractivity contribution in [3.8, 4) is 0 Å². The van der Waals surface area contributed by atoms with E-state index in [0.29, 0.717) is 5.69 Å². The third-order valence-corrected chi connectivity index (χ3v) is 4.25. The van der Waals surface area contributed by atoms with Crippen LogP contribution in [0.1, 0.15) is 27.7 Å². The van der Waals surface area contributed by atoms with Crippen molar-refractivity contribution in [2.24, 2.45) is 0 Å². The molecule has 22 heavy (non-hydrogen) atoms. The van der Waals surface area contributed by atoms with Crippen LogP contribution >= 0.6 is 0 Å². The monoisotopic (exact) mass is 306 g/mol. The highest BCUT2D eigenvalue weighted by atomic mass is 16.7. The van der Waals surface area contributed by atoms with Crippen LogP contribution in [0.4, 0.5) is 10.5 Å². The minimum Gasteiger partial charge on any atom is -0.399 e. The van der Waals surface area contributed by atoms with Crippen molar-refractivity contribution in [1.29, 1.82) is 0 Å². The number of urea groups is 1. The smallest absolute Gasteiger partial charge is 0.399 e. The molecule has 1 aliphatic rings. The molecule has 1 aromatic carbocycles. The summed E-state index contributed by atoms with van der Waals surface area (Å²) in [5.74, 6) is 0. The van der Waals surface area contributed by atoms with Crippen LogP contribution in [0.3, 0.4) is 0 Å². The predicted octanol–water partition coefficient (Wildman–Crippen LogP) is 2.01. The van der Waals surface area contributed by atoms with Crippen LogP contribution in [-0.2, 0) is 14.1 Å². The number of amides is 2. The van der Waals surface area contributed by atoms with Gasteiger partial charge in [0.25, 0.3) is 0 Å². The van der Waals surface area contributed by atoms with Crippen molar-refractivity contribution in [2.75, 3.05) is 19.5 Å². The van der Waals surface area contributed by atoms with E-state index in [1.165, 1.54) is 14.2 Å². The van der Waals surface area contributed by atoms with E-state index in [1.54, 1.807) is 0 Å². The van der Waals surface area contributed by atoms with Crippen LogP contribution in [0.2, 0.25) is 0 Å². The molecule has 0 bridgehead atoms. The van der Waals surface area contributed by atoms with Crippen molar-refractivity contribution in [2.45, 2.75) is 38.9 Å². The third kappa shape index (κ3) is 3.26. The van der Waals surface area contributed by atoms with Gasteiger partial charge < -0.3 is 14.6 Å². The molecule has 6 nitrogen and oxygen atoms in total. The Hall–Kier alpha value is -1.57. The average Bonchev–Trinajstić information content (AvgIpc) is 2.67. The molecule has 0 unspecified atom stereocenters. The highest BCUT2D eigenvalue weighted by molar-refractivity contribution is 6.62. The molecule has 7 heteroatoms. The SMILES string of the molecule is CON(C)C(=O)Nc1ccc(B2OC(C)(C)C(C)(C)O2)cc1. The second-order valence-electron chi connectivity index (χ2n) is 6.32. The summed E-state index contributed by atoms with van der Waals surface area (Å²) in [5.41, 5.74) is 0.850. The van der Waals surface area contributed by atoms with Gasteiger partial charge in [-0.1, -0.05) is 12.1 Å². The van der Waals surface area contributed by atoms with Gasteiger partial charge in [0.05, 0.1) is 18.3 Å². The summed E-state index contributed by atoms with van der Waals surface area (Å²) >= 11 is 0. The summed E-state index contributed by atoms with van der Waals surface area (Å²) in [6.07, 6.45) is 0. The van der Waals surface area contributed by atoms with Gasteiger partial charge in [0.1, 0.15) is 0 Å². The Balaban J connectivity index is 2.06. The van der Waals surface area contributed by atoms with Crippen molar-refractivity contribution >= 4 is 24.3 Å². The minimum absolute atomic E-state index is 0.342. The molecule has 0 aromatic heterocycles. The molecule has 0 spiro atoms. The first-order valence-electron chi connectivity index (χ1n) is 7.21. The zero-order chi connectivity index (χ0) is 16.5. The molecule has 1 saturated heterocycles. The summed E-state index contributed by atoms with van der Waals surface area (Å²) in [4.78, 5) is 16.5. The predicted molar refractivity (Wildman–Crippen MR) is 85.9 cm³/mol. The van der Waals surface area contributed by atoms with Gasteiger partial charge in [-0.2, -0.15) is 0 Å². The normalized spacial score (nSPS) is 19.1. The molecular weight excluding hydrogens is 283 g/mol. The fraction of sp³-hybridized carbons (Fsp3) is 0.533. The van der Waals surface area contributed by atoms with E-state index in [-0.39, 0.29) is 17.2 Å². The molecular formula is C15H23BN2O4. The zero-order valence-electron chi connectivity index (χ0n) is 14.0. The summed E-state index contributed by atoms with van der Waals surface area (Å²) in [6, 6.07) is 7.03. The maximum atomic E-state index is 11.7. The molecule has 2 rings (SSSR count). The first-order chi connectivity index (χ1) is 10.2. The second kappa shape index (κ2) is 5.91. The number of carbonyl (C=O) groups excluding carboxylic acids is 1. The van der Waals surface area contributed by atoms with Gasteiger partial charge in [0, 0.05) is 12.7 Å². The van der Waals surface area contributed by atoms with Gasteiger partial charge in [-0.25, -0.2) is 9.86 Å². The number of anilines is 1. The molecule has 2 amide bonds. The lowest BCUT2D eigenvalue weighted by Crippen LogP contribution is -2.41. The average molecular weight is 306 g/mol. The fourth-order valence-electron chi connectivity index (χ4n) is 1.99. The Bertz CT molecular complexity index is 529. The quantitative estimate of drug-likeness (QED) is 0.685. The number of hydrogen-bond donors (Lipinski definition) is 1. The highest BCUT2D eigenvalue weighted by Crippen LogP contribution is 2.36. The first-order valence-corrected chi connectivity index (χ1v) is 7.21. The lowest BCUT2D eigenvalue weighted by Gasteiger charge is -2.32. The lowest BCUT2D eigenvalue weighted by molar-refractivity contribution is -0.0598. The molecule has 1 aliphatic heterocycles. The van der Waals surface area contributed by atoms with Crippen LogP contribution in [-0.4, -0.2) is 43.6 Å². The van der Waals surface area contributed by atoms with Crippen molar-refractivity contribution < 1.29 is 18.9 Å². The minimum atomic E-state index is -0.406. The Morgan fingerprint density at radius 2 is 1.64 bits per heavy atom. The van der Waals surface area contributed by atoms with Crippen molar-refractivity contribution in [3.63, 3.8) is 0 Å². The summed E-state index contributed by atoms with van der Waals surface area (Å²) in [7, 11) is 2.56. The molecule has 1 fully saturated rings. The third-order valence-electron chi connectivity index (χ3n) is 4.25. The molecule has 0 atom stereocenters. The Morgan fingerprint density at radius 1 is 1.14 bits per heavy atom. The summed E-state index contributed by atoms with van der Waals surface area (Å²) in [5, 5.41) is 3.84. The summed E-state index contributed by atoms with van der Waals surface area (Å²) in [6.45, 7) is 8.06. The van der Waals surface area contributed by atoms with Gasteiger partial charge in [-0.15, -0.1) is 0 Å². The van der Waals surface area contributed by atoms with Crippen LogP contribution in [0.5, 0.6) is 0 Å². The standard InChI is InChI=1S/C15H23BN2O4/c1-14(2)15(3,4)22-16(21-14)11-7-9-12(10-8-11)17-13(19)18(5)20-6/h7-10H,1-6H3,(H,17,19). The Labute approximate surface area is 131 Å². The fourth-order valence-corrected chi connectivity index (χ4v) is 1.99. The van der Waals surface area contributed by atoms with E-state index in [4.69, 9.17) is 14.1 Å². The van der Waals surface area contributed by atoms with Gasteiger partial charge >= 0.3 is 13.1 Å². The molecule has 1 heterocycles. The molecule has 0 radical (unpaired) electrons. The number of nitrogens with one attached hydrogen (secondary N) is 1. The van der Waals surface area contributed by atoms with Crippen LogP contribution in [0.25, 0.3) is 0 Å². The largest absolute Gasteiger partial charge is 0.494 e. The molecule has 0 saturated carbocycles. The maximum absolute atomic E-state index is 11.7. The van der Waals surface area contributed by atoms with Crippen LogP contribution in [0.15, 0.2) is 24.3 Å². The molecule has 1 aromatic rings. The van der Waals surface area contributed by atoms with Gasteiger partial charge in [0.2, 0.25) is 0 Å². The number of nitrogens with zero attached hydrogens (tertiary/aromatic N) is 1. The van der Waals surface area contributed by atoms with E-state index in [2.05, 4.69) is 5.32 Å². The Kier molecular flexibility index (Phi) is 4.51. The topological polar surface area (TPSA) is 60.0 Å². The van der Waals surface area contributed by atoms with E-state index < -0.39 is 7.12 Å². The van der Waals surface area contributed by atoms with Crippen LogP contribution < -0.4 is 10.8 Å². The molecule has 1 N–H and O–H groups in total. The van der Waals surface area contributed by atoms with Gasteiger partial charge in [-0.05, 0) is 45.3 Å². The van der Waals surface area contributed by atoms with Crippen molar-refractivity contribution in [3.05, 3.63) is 24.3 Å². The number of benzene rings is 1. The first kappa shape index (κ1) is 16.8. The number of hydrogen-bond acceptors (Lipinski definition) is 4. The van der Waals surface area contributed by atoms with Gasteiger partial charge in [0.15, 0.2) is 0 Å². The zero-order valence-corrected chi connectivity index (χ0v) is 14.0. The highest BCUT2D eigenvalue weighted by Gasteiger charge is 2.51.